The SMILES string of the molecule is CCN(C(=O)CN1CCCCCC1)C1CC1. The average Bonchev–Trinajstić information content (AvgIpc) is 3.06. The molecule has 3 heteroatoms. The van der Waals surface area contributed by atoms with Crippen molar-refractivity contribution in [3.8, 4) is 0 Å². The number of carbonyl (C=O) groups is 1. The van der Waals surface area contributed by atoms with Gasteiger partial charge in [0.15, 0.2) is 0 Å². The summed E-state index contributed by atoms with van der Waals surface area (Å²) in [5.41, 5.74) is 0. The van der Waals surface area contributed by atoms with Crippen LogP contribution in [0.15, 0.2) is 0 Å². The standard InChI is InChI=1S/C13H24N2O/c1-2-15(12-7-8-12)13(16)11-14-9-5-3-4-6-10-14/h12H,2-11H2,1H3. The van der Waals surface area contributed by atoms with Crippen LogP contribution in [0, 0.1) is 0 Å². The number of rotatable bonds is 4. The molecule has 0 aromatic rings. The molecule has 1 amide bonds. The van der Waals surface area contributed by atoms with Crippen LogP contribution in [0.25, 0.3) is 0 Å². The summed E-state index contributed by atoms with van der Waals surface area (Å²) in [4.78, 5) is 16.5. The molecule has 2 rings (SSSR count). The number of hydrogen-bond acceptors (Lipinski definition) is 2. The molecule has 1 heterocycles. The molecular weight excluding hydrogens is 200 g/mol. The first-order valence-corrected chi connectivity index (χ1v) is 6.83. The van der Waals surface area contributed by atoms with Crippen LogP contribution >= 0.6 is 0 Å². The van der Waals surface area contributed by atoms with E-state index < -0.39 is 0 Å². The third kappa shape index (κ3) is 3.21. The third-order valence-corrected chi connectivity index (χ3v) is 3.71. The van der Waals surface area contributed by atoms with Crippen molar-refractivity contribution < 1.29 is 4.79 Å². The zero-order valence-electron chi connectivity index (χ0n) is 10.5. The van der Waals surface area contributed by atoms with E-state index in [1.807, 2.05) is 0 Å². The summed E-state index contributed by atoms with van der Waals surface area (Å²) in [6.07, 6.45) is 7.65. The molecule has 1 aliphatic heterocycles. The highest BCUT2D eigenvalue weighted by molar-refractivity contribution is 5.78. The fourth-order valence-corrected chi connectivity index (χ4v) is 2.60. The Morgan fingerprint density at radius 3 is 2.31 bits per heavy atom. The topological polar surface area (TPSA) is 23.6 Å². The Kier molecular flexibility index (Phi) is 4.22. The second-order valence-electron chi connectivity index (χ2n) is 5.10. The summed E-state index contributed by atoms with van der Waals surface area (Å²) in [5, 5.41) is 0. The zero-order valence-corrected chi connectivity index (χ0v) is 10.5. The van der Waals surface area contributed by atoms with Crippen LogP contribution in [0.2, 0.25) is 0 Å². The maximum absolute atomic E-state index is 12.1. The maximum Gasteiger partial charge on any atom is 0.236 e. The molecule has 2 fully saturated rings. The van der Waals surface area contributed by atoms with E-state index in [0.717, 1.165) is 19.6 Å². The number of nitrogens with zero attached hydrogens (tertiary/aromatic N) is 2. The Hall–Kier alpha value is -0.570. The molecule has 0 N–H and O–H groups in total. The lowest BCUT2D eigenvalue weighted by Crippen LogP contribution is -2.41. The van der Waals surface area contributed by atoms with E-state index in [9.17, 15) is 4.79 Å². The van der Waals surface area contributed by atoms with E-state index in [1.54, 1.807) is 0 Å². The number of hydrogen-bond donors (Lipinski definition) is 0. The van der Waals surface area contributed by atoms with Crippen molar-refractivity contribution in [2.75, 3.05) is 26.2 Å². The molecule has 0 unspecified atom stereocenters. The normalized spacial score (nSPS) is 22.8. The van der Waals surface area contributed by atoms with Crippen LogP contribution in [0.4, 0.5) is 0 Å². The van der Waals surface area contributed by atoms with Crippen molar-refractivity contribution in [3.63, 3.8) is 0 Å². The molecule has 1 saturated carbocycles. The van der Waals surface area contributed by atoms with Crippen molar-refractivity contribution in [2.45, 2.75) is 51.5 Å². The molecule has 2 aliphatic rings. The quantitative estimate of drug-likeness (QED) is 0.728. The molecule has 16 heavy (non-hydrogen) atoms. The molecule has 0 spiro atoms. The number of carbonyl (C=O) groups excluding carboxylic acids is 1. The van der Waals surface area contributed by atoms with E-state index in [1.165, 1.54) is 38.5 Å². The van der Waals surface area contributed by atoms with Crippen LogP contribution in [0.1, 0.15) is 45.4 Å². The summed E-state index contributed by atoms with van der Waals surface area (Å²) in [6, 6.07) is 0.574. The largest absolute Gasteiger partial charge is 0.339 e. The number of likely N-dealkylation sites (tertiary alicyclic amines) is 1. The zero-order chi connectivity index (χ0) is 11.4. The second kappa shape index (κ2) is 5.67. The van der Waals surface area contributed by atoms with Gasteiger partial charge in [-0.05, 0) is 45.7 Å². The fraction of sp³-hybridized carbons (Fsp3) is 0.923. The molecule has 0 aromatic carbocycles. The van der Waals surface area contributed by atoms with Gasteiger partial charge in [0.25, 0.3) is 0 Å². The lowest BCUT2D eigenvalue weighted by atomic mass is 10.2. The molecule has 1 saturated heterocycles. The van der Waals surface area contributed by atoms with Crippen molar-refractivity contribution in [2.24, 2.45) is 0 Å². The summed E-state index contributed by atoms with van der Waals surface area (Å²) in [7, 11) is 0. The van der Waals surface area contributed by atoms with Crippen molar-refractivity contribution >= 4 is 5.91 Å². The Balaban J connectivity index is 1.79. The van der Waals surface area contributed by atoms with Crippen LogP contribution < -0.4 is 0 Å². The van der Waals surface area contributed by atoms with Crippen molar-refractivity contribution in [1.82, 2.24) is 9.80 Å². The molecular formula is C13H24N2O. The van der Waals surface area contributed by atoms with E-state index in [0.29, 0.717) is 18.5 Å². The summed E-state index contributed by atoms with van der Waals surface area (Å²) >= 11 is 0. The van der Waals surface area contributed by atoms with Gasteiger partial charge in [-0.1, -0.05) is 12.8 Å². The van der Waals surface area contributed by atoms with Gasteiger partial charge in [0, 0.05) is 12.6 Å². The first kappa shape index (κ1) is 11.9. The van der Waals surface area contributed by atoms with E-state index in [2.05, 4.69) is 16.7 Å². The Morgan fingerprint density at radius 1 is 1.19 bits per heavy atom. The Morgan fingerprint density at radius 2 is 1.81 bits per heavy atom. The average molecular weight is 224 g/mol. The molecule has 3 nitrogen and oxygen atoms in total. The van der Waals surface area contributed by atoms with Gasteiger partial charge in [-0.15, -0.1) is 0 Å². The highest BCUT2D eigenvalue weighted by Crippen LogP contribution is 2.26. The van der Waals surface area contributed by atoms with Gasteiger partial charge >= 0.3 is 0 Å². The molecule has 1 aliphatic carbocycles. The first-order chi connectivity index (χ1) is 7.81. The molecule has 0 atom stereocenters. The smallest absolute Gasteiger partial charge is 0.236 e. The van der Waals surface area contributed by atoms with Crippen LogP contribution in [-0.2, 0) is 4.79 Å². The number of likely N-dealkylation sites (N-methyl/N-ethyl adjacent to an activating group) is 1. The lowest BCUT2D eigenvalue weighted by molar-refractivity contribution is -0.132. The minimum absolute atomic E-state index is 0.354. The molecule has 0 bridgehead atoms. The Bertz CT molecular complexity index is 230. The van der Waals surface area contributed by atoms with E-state index >= 15 is 0 Å². The minimum Gasteiger partial charge on any atom is -0.339 e. The van der Waals surface area contributed by atoms with Crippen molar-refractivity contribution in [1.29, 1.82) is 0 Å². The maximum atomic E-state index is 12.1. The van der Waals surface area contributed by atoms with Gasteiger partial charge in [0.1, 0.15) is 0 Å². The highest BCUT2D eigenvalue weighted by Gasteiger charge is 2.31. The van der Waals surface area contributed by atoms with E-state index in [4.69, 9.17) is 0 Å². The Labute approximate surface area is 98.8 Å². The van der Waals surface area contributed by atoms with Crippen LogP contribution in [0.3, 0.4) is 0 Å². The van der Waals surface area contributed by atoms with Gasteiger partial charge < -0.3 is 4.90 Å². The lowest BCUT2D eigenvalue weighted by Gasteiger charge is -2.25. The third-order valence-electron chi connectivity index (χ3n) is 3.71. The summed E-state index contributed by atoms with van der Waals surface area (Å²) in [6.45, 7) is 5.88. The minimum atomic E-state index is 0.354. The summed E-state index contributed by atoms with van der Waals surface area (Å²) < 4.78 is 0. The summed E-state index contributed by atoms with van der Waals surface area (Å²) in [5.74, 6) is 0.354. The predicted octanol–water partition coefficient (Wildman–Crippen LogP) is 1.87. The fourth-order valence-electron chi connectivity index (χ4n) is 2.60. The first-order valence-electron chi connectivity index (χ1n) is 6.83. The monoisotopic (exact) mass is 224 g/mol. The predicted molar refractivity (Wildman–Crippen MR) is 65.3 cm³/mol. The highest BCUT2D eigenvalue weighted by atomic mass is 16.2. The molecule has 0 aromatic heterocycles. The number of amides is 1. The van der Waals surface area contributed by atoms with Gasteiger partial charge in [-0.3, -0.25) is 9.69 Å². The van der Waals surface area contributed by atoms with Crippen LogP contribution in [-0.4, -0.2) is 47.9 Å². The molecule has 0 radical (unpaired) electrons. The van der Waals surface area contributed by atoms with Gasteiger partial charge in [-0.2, -0.15) is 0 Å². The van der Waals surface area contributed by atoms with E-state index in [-0.39, 0.29) is 0 Å². The van der Waals surface area contributed by atoms with Gasteiger partial charge in [0.2, 0.25) is 5.91 Å². The molecule has 92 valence electrons. The van der Waals surface area contributed by atoms with Gasteiger partial charge in [0.05, 0.1) is 6.54 Å². The van der Waals surface area contributed by atoms with Crippen molar-refractivity contribution in [3.05, 3.63) is 0 Å². The van der Waals surface area contributed by atoms with Crippen LogP contribution in [0.5, 0.6) is 0 Å². The second-order valence-corrected chi connectivity index (χ2v) is 5.10. The van der Waals surface area contributed by atoms with Gasteiger partial charge in [-0.25, -0.2) is 0 Å².